The van der Waals surface area contributed by atoms with Gasteiger partial charge in [-0.2, -0.15) is 0 Å². The molecule has 1 aliphatic heterocycles. The maximum atomic E-state index is 4.84. The highest BCUT2D eigenvalue weighted by molar-refractivity contribution is 5.83. The Kier molecular flexibility index (Phi) is 5.57. The molecule has 3 heterocycles. The topological polar surface area (TPSA) is 69.2 Å². The molecule has 0 radical (unpaired) electrons. The van der Waals surface area contributed by atoms with Crippen molar-refractivity contribution in [2.24, 2.45) is 4.99 Å². The van der Waals surface area contributed by atoms with Crippen LogP contribution in [0.15, 0.2) is 59.9 Å². The number of nitrogens with zero attached hydrogens (tertiary/aromatic N) is 4. The van der Waals surface area contributed by atoms with Gasteiger partial charge in [-0.05, 0) is 68.3 Å². The van der Waals surface area contributed by atoms with Crippen LogP contribution in [0, 0.1) is 0 Å². The Morgan fingerprint density at radius 3 is 3.00 bits per heavy atom. The van der Waals surface area contributed by atoms with Crippen molar-refractivity contribution in [1.29, 1.82) is 0 Å². The molecule has 0 amide bonds. The van der Waals surface area contributed by atoms with Crippen molar-refractivity contribution in [2.45, 2.75) is 44.7 Å². The minimum atomic E-state index is 0.337. The Morgan fingerprint density at radius 2 is 2.10 bits per heavy atom. The lowest BCUT2D eigenvalue weighted by Gasteiger charge is -2.34. The van der Waals surface area contributed by atoms with Gasteiger partial charge in [0.15, 0.2) is 0 Å². The van der Waals surface area contributed by atoms with Gasteiger partial charge in [0.25, 0.3) is 0 Å². The standard InChI is InChI=1S/C24H28N6/c1-2-10-20-19(9-1)28-23(29-20)17-30(16-5-12-22-25-14-6-15-26-22)21-11-3-7-18-8-4-13-27-24(18)21/h1-2,4,6,8-10,13-14,21H,3,5,7,11-12,15-17H2,(H,25,26)(H,28,29). The molecule has 0 spiro atoms. The van der Waals surface area contributed by atoms with Gasteiger partial charge < -0.3 is 10.3 Å². The van der Waals surface area contributed by atoms with E-state index in [2.05, 4.69) is 50.5 Å². The molecule has 0 fully saturated rings. The summed E-state index contributed by atoms with van der Waals surface area (Å²) in [6.07, 6.45) is 11.5. The van der Waals surface area contributed by atoms with Gasteiger partial charge in [-0.3, -0.25) is 14.9 Å². The quantitative estimate of drug-likeness (QED) is 0.626. The first-order valence-corrected chi connectivity index (χ1v) is 10.9. The Balaban J connectivity index is 1.36. The minimum Gasteiger partial charge on any atom is -0.351 e. The third kappa shape index (κ3) is 4.14. The molecule has 6 heteroatoms. The number of H-pyrrole nitrogens is 1. The van der Waals surface area contributed by atoms with Crippen molar-refractivity contribution in [1.82, 2.24) is 25.2 Å². The maximum Gasteiger partial charge on any atom is 0.121 e. The Hall–Kier alpha value is -2.99. The van der Waals surface area contributed by atoms with Gasteiger partial charge in [0, 0.05) is 12.6 Å². The number of aromatic amines is 1. The number of rotatable bonds is 7. The van der Waals surface area contributed by atoms with Crippen LogP contribution in [0.1, 0.15) is 48.8 Å². The van der Waals surface area contributed by atoms with Gasteiger partial charge in [-0.25, -0.2) is 4.98 Å². The molecular formula is C24H28N6. The molecule has 1 aliphatic carbocycles. The first-order chi connectivity index (χ1) is 14.9. The summed E-state index contributed by atoms with van der Waals surface area (Å²) >= 11 is 0. The van der Waals surface area contributed by atoms with Crippen LogP contribution in [0.3, 0.4) is 0 Å². The van der Waals surface area contributed by atoms with E-state index in [1.165, 1.54) is 17.7 Å². The Morgan fingerprint density at radius 1 is 1.13 bits per heavy atom. The van der Waals surface area contributed by atoms with E-state index in [1.54, 1.807) is 0 Å². The van der Waals surface area contributed by atoms with Crippen LogP contribution in [0.4, 0.5) is 0 Å². The molecule has 6 nitrogen and oxygen atoms in total. The number of aliphatic imine (C=N–C) groups is 1. The van der Waals surface area contributed by atoms with Gasteiger partial charge in [0.2, 0.25) is 0 Å². The molecule has 3 aromatic rings. The predicted octanol–water partition coefficient (Wildman–Crippen LogP) is 4.13. The number of imidazole rings is 1. The number of fused-ring (bicyclic) bond motifs is 2. The molecule has 1 atom stereocenters. The third-order valence-corrected chi connectivity index (χ3v) is 6.01. The monoisotopic (exact) mass is 400 g/mol. The van der Waals surface area contributed by atoms with Crippen LogP contribution in [0.2, 0.25) is 0 Å². The molecule has 1 aromatic carbocycles. The molecular weight excluding hydrogens is 372 g/mol. The summed E-state index contributed by atoms with van der Waals surface area (Å²) in [5, 5.41) is 3.28. The molecule has 2 aromatic heterocycles. The van der Waals surface area contributed by atoms with Gasteiger partial charge in [-0.15, -0.1) is 0 Å². The van der Waals surface area contributed by atoms with E-state index in [0.29, 0.717) is 6.04 Å². The lowest BCUT2D eigenvalue weighted by Crippen LogP contribution is -2.33. The highest BCUT2D eigenvalue weighted by atomic mass is 15.2. The molecule has 0 saturated carbocycles. The number of hydrogen-bond acceptors (Lipinski definition) is 5. The molecule has 0 saturated heterocycles. The minimum absolute atomic E-state index is 0.337. The van der Waals surface area contributed by atoms with E-state index < -0.39 is 0 Å². The van der Waals surface area contributed by atoms with Crippen molar-refractivity contribution in [2.75, 3.05) is 13.1 Å². The van der Waals surface area contributed by atoms with Crippen LogP contribution in [0.5, 0.6) is 0 Å². The number of amidine groups is 1. The van der Waals surface area contributed by atoms with Crippen molar-refractivity contribution in [3.63, 3.8) is 0 Å². The van der Waals surface area contributed by atoms with E-state index in [9.17, 15) is 0 Å². The summed E-state index contributed by atoms with van der Waals surface area (Å²) in [5.41, 5.74) is 4.77. The Labute approximate surface area is 177 Å². The fourth-order valence-corrected chi connectivity index (χ4v) is 4.58. The second kappa shape index (κ2) is 8.79. The zero-order valence-corrected chi connectivity index (χ0v) is 17.2. The predicted molar refractivity (Wildman–Crippen MR) is 120 cm³/mol. The van der Waals surface area contributed by atoms with Gasteiger partial charge in [0.05, 0.1) is 35.9 Å². The fourth-order valence-electron chi connectivity index (χ4n) is 4.58. The highest BCUT2D eigenvalue weighted by Gasteiger charge is 2.27. The smallest absolute Gasteiger partial charge is 0.121 e. The number of aromatic nitrogens is 3. The second-order valence-corrected chi connectivity index (χ2v) is 8.06. The van der Waals surface area contributed by atoms with Gasteiger partial charge in [-0.1, -0.05) is 18.2 Å². The average molecular weight is 401 g/mol. The van der Waals surface area contributed by atoms with Gasteiger partial charge >= 0.3 is 0 Å². The summed E-state index contributed by atoms with van der Waals surface area (Å²) < 4.78 is 0. The summed E-state index contributed by atoms with van der Waals surface area (Å²) in [7, 11) is 0. The largest absolute Gasteiger partial charge is 0.351 e. The van der Waals surface area contributed by atoms with E-state index in [1.807, 2.05) is 24.5 Å². The molecule has 30 heavy (non-hydrogen) atoms. The van der Waals surface area contributed by atoms with E-state index in [0.717, 1.165) is 68.0 Å². The molecule has 2 aliphatic rings. The van der Waals surface area contributed by atoms with Crippen molar-refractivity contribution in [3.05, 3.63) is 72.0 Å². The number of pyridine rings is 1. The number of para-hydroxylation sites is 2. The first kappa shape index (κ1) is 19.0. The van der Waals surface area contributed by atoms with Crippen LogP contribution >= 0.6 is 0 Å². The second-order valence-electron chi connectivity index (χ2n) is 8.06. The molecule has 0 bridgehead atoms. The van der Waals surface area contributed by atoms with Crippen molar-refractivity contribution in [3.8, 4) is 0 Å². The van der Waals surface area contributed by atoms with Crippen molar-refractivity contribution >= 4 is 16.9 Å². The number of nitrogens with one attached hydrogen (secondary N) is 2. The lowest BCUT2D eigenvalue weighted by molar-refractivity contribution is 0.161. The molecule has 2 N–H and O–H groups in total. The SMILES string of the molecule is C1=CNC(CCCN(Cc2nc3ccccc3[nH]2)C2CCCc3cccnc32)=NC1. The van der Waals surface area contributed by atoms with E-state index >= 15 is 0 Å². The summed E-state index contributed by atoms with van der Waals surface area (Å²) in [4.78, 5) is 20.2. The molecule has 5 rings (SSSR count). The van der Waals surface area contributed by atoms with Crippen LogP contribution in [-0.4, -0.2) is 38.8 Å². The third-order valence-electron chi connectivity index (χ3n) is 6.01. The Bertz CT molecular complexity index is 1030. The maximum absolute atomic E-state index is 4.84. The lowest BCUT2D eigenvalue weighted by atomic mass is 9.90. The summed E-state index contributed by atoms with van der Waals surface area (Å²) in [5.74, 6) is 2.11. The molecule has 154 valence electrons. The van der Waals surface area contributed by atoms with Crippen LogP contribution < -0.4 is 5.32 Å². The number of hydrogen-bond donors (Lipinski definition) is 2. The zero-order chi connectivity index (χ0) is 20.2. The average Bonchev–Trinajstić information content (AvgIpc) is 3.21. The summed E-state index contributed by atoms with van der Waals surface area (Å²) in [6.45, 7) is 2.57. The summed E-state index contributed by atoms with van der Waals surface area (Å²) in [6, 6.07) is 12.9. The zero-order valence-electron chi connectivity index (χ0n) is 17.2. The number of aryl methyl sites for hydroxylation is 1. The first-order valence-electron chi connectivity index (χ1n) is 10.9. The van der Waals surface area contributed by atoms with Crippen LogP contribution in [0.25, 0.3) is 11.0 Å². The molecule has 1 unspecified atom stereocenters. The van der Waals surface area contributed by atoms with E-state index in [4.69, 9.17) is 9.97 Å². The normalized spacial score (nSPS) is 18.3. The van der Waals surface area contributed by atoms with Crippen molar-refractivity contribution < 1.29 is 0 Å². The highest BCUT2D eigenvalue weighted by Crippen LogP contribution is 2.33. The fraction of sp³-hybridized carbons (Fsp3) is 0.375. The van der Waals surface area contributed by atoms with Gasteiger partial charge in [0.1, 0.15) is 11.7 Å². The van der Waals surface area contributed by atoms with E-state index in [-0.39, 0.29) is 0 Å². The van der Waals surface area contributed by atoms with Crippen LogP contribution in [-0.2, 0) is 13.0 Å². The number of benzene rings is 1.